The second kappa shape index (κ2) is 9.04. The van der Waals surface area contributed by atoms with E-state index in [2.05, 4.69) is 16.0 Å². The number of nitrogens with one attached hydrogen (secondary N) is 3. The highest BCUT2D eigenvalue weighted by molar-refractivity contribution is 5.94. The largest absolute Gasteiger partial charge is 0.352 e. The van der Waals surface area contributed by atoms with Gasteiger partial charge in [-0.15, -0.1) is 12.4 Å². The van der Waals surface area contributed by atoms with Crippen molar-refractivity contribution in [2.24, 2.45) is 11.8 Å². The Kier molecular flexibility index (Phi) is 7.06. The van der Waals surface area contributed by atoms with E-state index >= 15 is 0 Å². The number of carbonyl (C=O) groups is 2. The van der Waals surface area contributed by atoms with Crippen LogP contribution < -0.4 is 16.0 Å². The summed E-state index contributed by atoms with van der Waals surface area (Å²) in [5, 5.41) is 9.15. The van der Waals surface area contributed by atoms with Crippen molar-refractivity contribution in [2.45, 2.75) is 32.2 Å². The Labute approximate surface area is 149 Å². The molecule has 3 rings (SSSR count). The molecule has 1 heterocycles. The Morgan fingerprint density at radius 1 is 1.04 bits per heavy atom. The minimum Gasteiger partial charge on any atom is -0.352 e. The van der Waals surface area contributed by atoms with Crippen LogP contribution in [0.2, 0.25) is 0 Å². The molecule has 0 atom stereocenters. The molecule has 1 saturated carbocycles. The molecular weight excluding hydrogens is 326 g/mol. The molecule has 132 valence electrons. The Morgan fingerprint density at radius 3 is 2.29 bits per heavy atom. The summed E-state index contributed by atoms with van der Waals surface area (Å²) >= 11 is 0. The van der Waals surface area contributed by atoms with Gasteiger partial charge in [-0.25, -0.2) is 0 Å². The van der Waals surface area contributed by atoms with Gasteiger partial charge in [0.25, 0.3) is 5.91 Å². The van der Waals surface area contributed by atoms with Gasteiger partial charge in [0.1, 0.15) is 0 Å². The zero-order valence-electron chi connectivity index (χ0n) is 13.8. The summed E-state index contributed by atoms with van der Waals surface area (Å²) < 4.78 is 0. The predicted octanol–water partition coefficient (Wildman–Crippen LogP) is 1.86. The maximum Gasteiger partial charge on any atom is 0.251 e. The monoisotopic (exact) mass is 351 g/mol. The maximum atomic E-state index is 12.0. The lowest BCUT2D eigenvalue weighted by molar-refractivity contribution is -0.124. The minimum atomic E-state index is -0.0292. The Bertz CT molecular complexity index is 552. The summed E-state index contributed by atoms with van der Waals surface area (Å²) in [6.07, 6.45) is 4.36. The lowest BCUT2D eigenvalue weighted by Gasteiger charge is -2.27. The molecule has 0 spiro atoms. The van der Waals surface area contributed by atoms with E-state index in [0.29, 0.717) is 18.0 Å². The quantitative estimate of drug-likeness (QED) is 0.732. The average Bonchev–Trinajstić information content (AvgIpc) is 3.06. The topological polar surface area (TPSA) is 70.2 Å². The van der Waals surface area contributed by atoms with Crippen LogP contribution in [0, 0.1) is 11.8 Å². The highest BCUT2D eigenvalue weighted by Gasteiger charge is 2.22. The van der Waals surface area contributed by atoms with E-state index in [0.717, 1.165) is 38.0 Å². The maximum absolute atomic E-state index is 12.0. The van der Waals surface area contributed by atoms with Crippen molar-refractivity contribution < 1.29 is 9.59 Å². The van der Waals surface area contributed by atoms with E-state index < -0.39 is 0 Å². The molecule has 0 radical (unpaired) electrons. The van der Waals surface area contributed by atoms with Gasteiger partial charge in [0.2, 0.25) is 5.91 Å². The zero-order chi connectivity index (χ0) is 16.1. The molecule has 2 amide bonds. The van der Waals surface area contributed by atoms with E-state index in [4.69, 9.17) is 0 Å². The van der Waals surface area contributed by atoms with E-state index in [1.165, 1.54) is 12.8 Å². The molecule has 1 aromatic carbocycles. The number of amides is 2. The van der Waals surface area contributed by atoms with Crippen LogP contribution in [-0.4, -0.2) is 31.4 Å². The van der Waals surface area contributed by atoms with Crippen molar-refractivity contribution in [2.75, 3.05) is 19.6 Å². The molecule has 0 aromatic heterocycles. The van der Waals surface area contributed by atoms with Crippen LogP contribution in [0.5, 0.6) is 0 Å². The molecule has 1 aliphatic carbocycles. The fourth-order valence-corrected chi connectivity index (χ4v) is 3.13. The Hall–Kier alpha value is -1.59. The molecule has 5 nitrogen and oxygen atoms in total. The smallest absolute Gasteiger partial charge is 0.251 e. The normalized spacial score (nSPS) is 17.7. The number of halogens is 1. The summed E-state index contributed by atoms with van der Waals surface area (Å²) in [4.78, 5) is 24.0. The van der Waals surface area contributed by atoms with E-state index in [1.54, 1.807) is 0 Å². The van der Waals surface area contributed by atoms with Gasteiger partial charge in [0, 0.05) is 43.6 Å². The molecule has 2 fully saturated rings. The molecule has 24 heavy (non-hydrogen) atoms. The molecule has 3 N–H and O–H groups in total. The van der Waals surface area contributed by atoms with Crippen molar-refractivity contribution in [3.63, 3.8) is 0 Å². The lowest BCUT2D eigenvalue weighted by atomic mass is 10.0. The van der Waals surface area contributed by atoms with Gasteiger partial charge in [-0.2, -0.15) is 0 Å². The van der Waals surface area contributed by atoms with E-state index in [-0.39, 0.29) is 30.1 Å². The van der Waals surface area contributed by atoms with Gasteiger partial charge < -0.3 is 16.0 Å². The van der Waals surface area contributed by atoms with Crippen LogP contribution >= 0.6 is 12.4 Å². The first-order valence-electron chi connectivity index (χ1n) is 8.58. The molecular formula is C18H26ClN3O2. The second-order valence-electron chi connectivity index (χ2n) is 6.63. The van der Waals surface area contributed by atoms with Gasteiger partial charge in [-0.3, -0.25) is 9.59 Å². The summed E-state index contributed by atoms with van der Waals surface area (Å²) in [5.74, 6) is 0.891. The predicted molar refractivity (Wildman–Crippen MR) is 96.2 cm³/mol. The first-order chi connectivity index (χ1) is 11.2. The molecule has 0 bridgehead atoms. The second-order valence-corrected chi connectivity index (χ2v) is 6.63. The highest BCUT2D eigenvalue weighted by atomic mass is 35.5. The van der Waals surface area contributed by atoms with Gasteiger partial charge in [-0.05, 0) is 30.5 Å². The third kappa shape index (κ3) is 4.95. The molecule has 0 unspecified atom stereocenters. The highest BCUT2D eigenvalue weighted by Crippen LogP contribution is 2.24. The first-order valence-corrected chi connectivity index (χ1v) is 8.58. The fraction of sp³-hybridized carbons (Fsp3) is 0.556. The molecule has 2 aliphatic rings. The van der Waals surface area contributed by atoms with Gasteiger partial charge in [0.15, 0.2) is 0 Å². The van der Waals surface area contributed by atoms with Crippen molar-refractivity contribution in [3.05, 3.63) is 35.4 Å². The van der Waals surface area contributed by atoms with E-state index in [9.17, 15) is 9.59 Å². The number of benzene rings is 1. The van der Waals surface area contributed by atoms with E-state index in [1.807, 2.05) is 24.3 Å². The van der Waals surface area contributed by atoms with Crippen LogP contribution in [0.15, 0.2) is 24.3 Å². The fourth-order valence-electron chi connectivity index (χ4n) is 3.13. The van der Waals surface area contributed by atoms with Crippen LogP contribution in [0.3, 0.4) is 0 Å². The number of hydrogen-bond acceptors (Lipinski definition) is 3. The lowest BCUT2D eigenvalue weighted by Crippen LogP contribution is -2.48. The average molecular weight is 352 g/mol. The van der Waals surface area contributed by atoms with Crippen LogP contribution in [0.1, 0.15) is 41.6 Å². The minimum absolute atomic E-state index is 0. The summed E-state index contributed by atoms with van der Waals surface area (Å²) in [5.41, 5.74) is 1.69. The van der Waals surface area contributed by atoms with Crippen LogP contribution in [-0.2, 0) is 11.3 Å². The van der Waals surface area contributed by atoms with Crippen molar-refractivity contribution >= 4 is 24.2 Å². The van der Waals surface area contributed by atoms with Crippen LogP contribution in [0.4, 0.5) is 0 Å². The molecule has 1 saturated heterocycles. The van der Waals surface area contributed by atoms with Crippen molar-refractivity contribution in [1.29, 1.82) is 0 Å². The molecule has 6 heteroatoms. The summed E-state index contributed by atoms with van der Waals surface area (Å²) in [7, 11) is 0. The Balaban J connectivity index is 0.00000208. The van der Waals surface area contributed by atoms with Crippen molar-refractivity contribution in [3.8, 4) is 0 Å². The third-order valence-corrected chi connectivity index (χ3v) is 4.83. The third-order valence-electron chi connectivity index (χ3n) is 4.83. The molecule has 1 aliphatic heterocycles. The molecule has 1 aromatic rings. The van der Waals surface area contributed by atoms with Gasteiger partial charge in [-0.1, -0.05) is 25.0 Å². The summed E-state index contributed by atoms with van der Waals surface area (Å²) in [6.45, 7) is 3.23. The summed E-state index contributed by atoms with van der Waals surface area (Å²) in [6, 6.07) is 7.47. The standard InChI is InChI=1S/C18H25N3O2.ClH/c22-17(15-3-1-2-4-15)20-11-13-5-7-16(8-6-13)18(23)21-12-14-9-19-10-14;/h5-8,14-15,19H,1-4,9-12H2,(H,20,22)(H,21,23);1H. The number of hydrogen-bond donors (Lipinski definition) is 3. The SMILES string of the molecule is Cl.O=C(NCC1CNC1)c1ccc(CNC(=O)C2CCCC2)cc1. The van der Waals surface area contributed by atoms with Crippen molar-refractivity contribution in [1.82, 2.24) is 16.0 Å². The van der Waals surface area contributed by atoms with Crippen LogP contribution in [0.25, 0.3) is 0 Å². The Morgan fingerprint density at radius 2 is 1.71 bits per heavy atom. The number of rotatable bonds is 6. The first kappa shape index (κ1) is 18.7. The zero-order valence-corrected chi connectivity index (χ0v) is 14.7. The number of carbonyl (C=O) groups excluding carboxylic acids is 2. The van der Waals surface area contributed by atoms with Gasteiger partial charge >= 0.3 is 0 Å². The van der Waals surface area contributed by atoms with Gasteiger partial charge in [0.05, 0.1) is 0 Å².